The van der Waals surface area contributed by atoms with Crippen LogP contribution in [-0.4, -0.2) is 10.3 Å². The first kappa shape index (κ1) is 15.4. The number of benzene rings is 2. The minimum absolute atomic E-state index is 0.236. The monoisotopic (exact) mass is 353 g/mol. The number of aliphatic hydroxyl groups excluding tert-OH is 1. The van der Waals surface area contributed by atoms with E-state index in [1.807, 2.05) is 12.1 Å². The van der Waals surface area contributed by atoms with Crippen LogP contribution >= 0.6 is 34.8 Å². The van der Waals surface area contributed by atoms with Crippen molar-refractivity contribution in [3.8, 4) is 22.6 Å². The molecular formula is C16H10Cl3NO2. The van der Waals surface area contributed by atoms with Gasteiger partial charge in [-0.2, -0.15) is 0 Å². The summed E-state index contributed by atoms with van der Waals surface area (Å²) in [5.41, 5.74) is 2.44. The minimum Gasteiger partial charge on any atom is -0.391 e. The Labute approximate surface area is 142 Å². The van der Waals surface area contributed by atoms with Crippen molar-refractivity contribution >= 4 is 34.8 Å². The van der Waals surface area contributed by atoms with Gasteiger partial charge in [-0.3, -0.25) is 0 Å². The number of hydrogen-bond donors (Lipinski definition) is 1. The molecule has 6 heteroatoms. The van der Waals surface area contributed by atoms with Gasteiger partial charge in [-0.05, 0) is 24.3 Å². The third kappa shape index (κ3) is 2.73. The first-order chi connectivity index (χ1) is 10.6. The molecule has 0 radical (unpaired) electrons. The van der Waals surface area contributed by atoms with E-state index in [1.165, 1.54) is 0 Å². The molecule has 2 aromatic carbocycles. The molecule has 1 aromatic heterocycles. The molecule has 0 bridgehead atoms. The molecule has 0 fully saturated rings. The van der Waals surface area contributed by atoms with Crippen molar-refractivity contribution in [2.75, 3.05) is 0 Å². The summed E-state index contributed by atoms with van der Waals surface area (Å²) in [4.78, 5) is 0. The van der Waals surface area contributed by atoms with Gasteiger partial charge in [0.05, 0.1) is 27.2 Å². The average molecular weight is 355 g/mol. The van der Waals surface area contributed by atoms with Crippen molar-refractivity contribution in [1.82, 2.24) is 5.16 Å². The molecule has 0 aliphatic rings. The van der Waals surface area contributed by atoms with Crippen LogP contribution in [0, 0.1) is 0 Å². The molecule has 112 valence electrons. The Hall–Kier alpha value is -1.52. The van der Waals surface area contributed by atoms with Gasteiger partial charge in [-0.25, -0.2) is 0 Å². The standard InChI is InChI=1S/C16H10Cl3NO2/c17-12-4-2-1-3-10(12)16-11(8-21)15(20-22-16)9-5-6-13(18)14(19)7-9/h1-7,21H,8H2. The molecule has 22 heavy (non-hydrogen) atoms. The van der Waals surface area contributed by atoms with Crippen LogP contribution < -0.4 is 0 Å². The fourth-order valence-corrected chi connectivity index (χ4v) is 2.70. The number of nitrogens with zero attached hydrogens (tertiary/aromatic N) is 1. The highest BCUT2D eigenvalue weighted by molar-refractivity contribution is 6.42. The first-order valence-corrected chi connectivity index (χ1v) is 7.55. The second-order valence-corrected chi connectivity index (χ2v) is 5.83. The average Bonchev–Trinajstić information content (AvgIpc) is 2.94. The maximum Gasteiger partial charge on any atom is 0.174 e. The summed E-state index contributed by atoms with van der Waals surface area (Å²) < 4.78 is 5.41. The van der Waals surface area contributed by atoms with Gasteiger partial charge in [0.15, 0.2) is 5.76 Å². The molecule has 3 nitrogen and oxygen atoms in total. The Balaban J connectivity index is 2.15. The predicted octanol–water partition coefficient (Wildman–Crippen LogP) is 5.46. The minimum atomic E-state index is -0.236. The highest BCUT2D eigenvalue weighted by Crippen LogP contribution is 2.37. The number of halogens is 3. The van der Waals surface area contributed by atoms with Crippen LogP contribution in [0.4, 0.5) is 0 Å². The zero-order valence-corrected chi connectivity index (χ0v) is 13.5. The number of aromatic nitrogens is 1. The van der Waals surface area contributed by atoms with Crippen LogP contribution in [0.2, 0.25) is 15.1 Å². The summed E-state index contributed by atoms with van der Waals surface area (Å²) in [6.45, 7) is -0.236. The lowest BCUT2D eigenvalue weighted by Crippen LogP contribution is -1.89. The van der Waals surface area contributed by atoms with E-state index in [9.17, 15) is 5.11 Å². The molecule has 0 atom stereocenters. The van der Waals surface area contributed by atoms with Gasteiger partial charge in [0.25, 0.3) is 0 Å². The molecule has 1 N–H and O–H groups in total. The van der Waals surface area contributed by atoms with Crippen LogP contribution in [0.3, 0.4) is 0 Å². The second-order valence-electron chi connectivity index (χ2n) is 4.61. The SMILES string of the molecule is OCc1c(-c2ccc(Cl)c(Cl)c2)noc1-c1ccccc1Cl. The summed E-state index contributed by atoms with van der Waals surface area (Å²) in [5.74, 6) is 0.439. The zero-order valence-electron chi connectivity index (χ0n) is 11.2. The summed E-state index contributed by atoms with van der Waals surface area (Å²) in [6.07, 6.45) is 0. The molecule has 0 saturated carbocycles. The molecule has 0 saturated heterocycles. The number of rotatable bonds is 3. The van der Waals surface area contributed by atoms with Gasteiger partial charge in [0.1, 0.15) is 5.69 Å². The van der Waals surface area contributed by atoms with Crippen LogP contribution in [0.5, 0.6) is 0 Å². The fraction of sp³-hybridized carbons (Fsp3) is 0.0625. The Morgan fingerprint density at radius 1 is 0.955 bits per heavy atom. The molecule has 0 aliphatic carbocycles. The van der Waals surface area contributed by atoms with Gasteiger partial charge < -0.3 is 9.63 Å². The lowest BCUT2D eigenvalue weighted by molar-refractivity contribution is 0.281. The summed E-state index contributed by atoms with van der Waals surface area (Å²) in [5, 5.41) is 15.2. The second kappa shape index (κ2) is 6.31. The molecule has 0 unspecified atom stereocenters. The first-order valence-electron chi connectivity index (χ1n) is 6.41. The Kier molecular flexibility index (Phi) is 4.41. The van der Waals surface area contributed by atoms with E-state index in [0.717, 1.165) is 0 Å². The molecule has 0 amide bonds. The van der Waals surface area contributed by atoms with Gasteiger partial charge in [0.2, 0.25) is 0 Å². The van der Waals surface area contributed by atoms with E-state index < -0.39 is 0 Å². The maximum absolute atomic E-state index is 9.72. The van der Waals surface area contributed by atoms with Crippen molar-refractivity contribution in [2.45, 2.75) is 6.61 Å². The summed E-state index contributed by atoms with van der Waals surface area (Å²) in [7, 11) is 0. The highest BCUT2D eigenvalue weighted by Gasteiger charge is 2.20. The lowest BCUT2D eigenvalue weighted by Gasteiger charge is -2.04. The number of hydrogen-bond acceptors (Lipinski definition) is 3. The normalized spacial score (nSPS) is 10.9. The maximum atomic E-state index is 9.72. The molecule has 3 rings (SSSR count). The highest BCUT2D eigenvalue weighted by atomic mass is 35.5. The van der Waals surface area contributed by atoms with Crippen molar-refractivity contribution in [3.05, 3.63) is 63.1 Å². The van der Waals surface area contributed by atoms with Crippen LogP contribution in [0.25, 0.3) is 22.6 Å². The summed E-state index contributed by atoms with van der Waals surface area (Å²) in [6, 6.07) is 12.3. The van der Waals surface area contributed by atoms with E-state index >= 15 is 0 Å². The van der Waals surface area contributed by atoms with Crippen LogP contribution in [0.1, 0.15) is 5.56 Å². The van der Waals surface area contributed by atoms with E-state index in [4.69, 9.17) is 39.3 Å². The lowest BCUT2D eigenvalue weighted by atomic mass is 10.0. The van der Waals surface area contributed by atoms with E-state index in [0.29, 0.717) is 43.2 Å². The van der Waals surface area contributed by atoms with Gasteiger partial charge in [-0.1, -0.05) is 58.2 Å². The van der Waals surface area contributed by atoms with Crippen molar-refractivity contribution in [1.29, 1.82) is 0 Å². The van der Waals surface area contributed by atoms with Crippen LogP contribution in [-0.2, 0) is 6.61 Å². The Bertz CT molecular complexity index is 830. The number of aliphatic hydroxyl groups is 1. The van der Waals surface area contributed by atoms with Crippen molar-refractivity contribution in [2.24, 2.45) is 0 Å². The van der Waals surface area contributed by atoms with Gasteiger partial charge >= 0.3 is 0 Å². The largest absolute Gasteiger partial charge is 0.391 e. The molecule has 0 aliphatic heterocycles. The van der Waals surface area contributed by atoms with Crippen molar-refractivity contribution in [3.63, 3.8) is 0 Å². The van der Waals surface area contributed by atoms with E-state index in [-0.39, 0.29) is 6.61 Å². The molecule has 1 heterocycles. The smallest absolute Gasteiger partial charge is 0.174 e. The summed E-state index contributed by atoms with van der Waals surface area (Å²) >= 11 is 18.1. The van der Waals surface area contributed by atoms with Crippen LogP contribution in [0.15, 0.2) is 47.0 Å². The Morgan fingerprint density at radius 3 is 2.41 bits per heavy atom. The quantitative estimate of drug-likeness (QED) is 0.679. The molecule has 3 aromatic rings. The van der Waals surface area contributed by atoms with Crippen molar-refractivity contribution < 1.29 is 9.63 Å². The fourth-order valence-electron chi connectivity index (χ4n) is 2.18. The van der Waals surface area contributed by atoms with Gasteiger partial charge in [0, 0.05) is 11.1 Å². The third-order valence-corrected chi connectivity index (χ3v) is 4.33. The van der Waals surface area contributed by atoms with Gasteiger partial charge in [-0.15, -0.1) is 0 Å². The third-order valence-electron chi connectivity index (χ3n) is 3.26. The van der Waals surface area contributed by atoms with E-state index in [1.54, 1.807) is 30.3 Å². The predicted molar refractivity (Wildman–Crippen MR) is 88.3 cm³/mol. The Morgan fingerprint density at radius 2 is 1.73 bits per heavy atom. The van der Waals surface area contributed by atoms with E-state index in [2.05, 4.69) is 5.16 Å². The zero-order chi connectivity index (χ0) is 15.7. The molecule has 0 spiro atoms. The molecular weight excluding hydrogens is 345 g/mol. The topological polar surface area (TPSA) is 46.3 Å².